The van der Waals surface area contributed by atoms with Gasteiger partial charge < -0.3 is 15.3 Å². The Morgan fingerprint density at radius 1 is 0.867 bits per heavy atom. The molecule has 3 heteroatoms. The van der Waals surface area contributed by atoms with E-state index < -0.39 is 11.2 Å². The summed E-state index contributed by atoms with van der Waals surface area (Å²) in [5.74, 6) is -0.0440. The quantitative estimate of drug-likeness (QED) is 0.698. The van der Waals surface area contributed by atoms with Crippen molar-refractivity contribution in [2.75, 3.05) is 0 Å². The van der Waals surface area contributed by atoms with Crippen molar-refractivity contribution in [3.63, 3.8) is 0 Å². The first-order valence-electron chi connectivity index (χ1n) is 4.91. The van der Waals surface area contributed by atoms with Crippen LogP contribution in [-0.4, -0.2) is 15.3 Å². The lowest BCUT2D eigenvalue weighted by Crippen LogP contribution is -2.20. The second-order valence-electron chi connectivity index (χ2n) is 4.82. The maximum Gasteiger partial charge on any atom is 0.127 e. The average Bonchev–Trinajstić information content (AvgIpc) is 1.99. The van der Waals surface area contributed by atoms with E-state index in [1.54, 1.807) is 45.9 Å². The van der Waals surface area contributed by atoms with Crippen LogP contribution in [0.3, 0.4) is 0 Å². The lowest BCUT2D eigenvalue weighted by atomic mass is 9.89. The molecule has 0 bridgehead atoms. The third-order valence-corrected chi connectivity index (χ3v) is 2.35. The summed E-state index contributed by atoms with van der Waals surface area (Å²) in [6, 6.07) is 5.00. The van der Waals surface area contributed by atoms with Gasteiger partial charge in [0.25, 0.3) is 0 Å². The molecule has 1 aromatic carbocycles. The normalized spacial score (nSPS) is 12.9. The number of aromatic hydroxyl groups is 1. The van der Waals surface area contributed by atoms with E-state index in [-0.39, 0.29) is 5.75 Å². The van der Waals surface area contributed by atoms with E-state index in [9.17, 15) is 15.3 Å². The molecule has 0 saturated carbocycles. The van der Waals surface area contributed by atoms with Crippen molar-refractivity contribution in [1.29, 1.82) is 0 Å². The predicted molar refractivity (Wildman–Crippen MR) is 58.6 cm³/mol. The molecule has 3 N–H and O–H groups in total. The van der Waals surface area contributed by atoms with Gasteiger partial charge in [0.15, 0.2) is 0 Å². The highest BCUT2D eigenvalue weighted by Gasteiger charge is 2.27. The minimum absolute atomic E-state index is 0.0440. The highest BCUT2D eigenvalue weighted by atomic mass is 16.3. The van der Waals surface area contributed by atoms with Crippen LogP contribution in [0.5, 0.6) is 5.75 Å². The maximum absolute atomic E-state index is 9.94. The van der Waals surface area contributed by atoms with E-state index in [0.717, 1.165) is 0 Å². The molecule has 1 rings (SSSR count). The van der Waals surface area contributed by atoms with E-state index in [2.05, 4.69) is 0 Å². The molecule has 3 nitrogen and oxygen atoms in total. The zero-order chi connectivity index (χ0) is 11.9. The Kier molecular flexibility index (Phi) is 2.81. The van der Waals surface area contributed by atoms with Crippen molar-refractivity contribution < 1.29 is 15.3 Å². The van der Waals surface area contributed by atoms with E-state index >= 15 is 0 Å². The van der Waals surface area contributed by atoms with Gasteiger partial charge in [0, 0.05) is 11.1 Å². The van der Waals surface area contributed by atoms with Gasteiger partial charge in [-0.25, -0.2) is 0 Å². The Balaban J connectivity index is 3.37. The van der Waals surface area contributed by atoms with Crippen LogP contribution in [0.25, 0.3) is 0 Å². The molecule has 0 heterocycles. The van der Waals surface area contributed by atoms with Gasteiger partial charge in [0.05, 0.1) is 11.2 Å². The number of rotatable bonds is 2. The second kappa shape index (κ2) is 3.51. The molecule has 0 aliphatic heterocycles. The highest BCUT2D eigenvalue weighted by molar-refractivity contribution is 5.45. The zero-order valence-electron chi connectivity index (χ0n) is 9.57. The molecule has 0 aromatic heterocycles. The van der Waals surface area contributed by atoms with Gasteiger partial charge in [-0.1, -0.05) is 18.2 Å². The molecule has 1 aromatic rings. The molecule has 0 aliphatic carbocycles. The zero-order valence-corrected chi connectivity index (χ0v) is 9.57. The smallest absolute Gasteiger partial charge is 0.127 e. The number of benzene rings is 1. The Morgan fingerprint density at radius 2 is 1.20 bits per heavy atom. The molecule has 0 spiro atoms. The van der Waals surface area contributed by atoms with Gasteiger partial charge in [0.1, 0.15) is 5.75 Å². The summed E-state index contributed by atoms with van der Waals surface area (Å²) in [5, 5.41) is 29.6. The largest absolute Gasteiger partial charge is 0.507 e. The molecule has 0 saturated heterocycles. The number of aliphatic hydroxyl groups is 2. The summed E-state index contributed by atoms with van der Waals surface area (Å²) in [7, 11) is 0. The van der Waals surface area contributed by atoms with Gasteiger partial charge in [-0.2, -0.15) is 0 Å². The molecule has 0 fully saturated rings. The molecule has 0 amide bonds. The molecule has 15 heavy (non-hydrogen) atoms. The van der Waals surface area contributed by atoms with Gasteiger partial charge in [-0.3, -0.25) is 0 Å². The fourth-order valence-corrected chi connectivity index (χ4v) is 1.53. The number of para-hydroxylation sites is 1. The molecule has 84 valence electrons. The molecular weight excluding hydrogens is 192 g/mol. The predicted octanol–water partition coefficient (Wildman–Crippen LogP) is 1.85. The van der Waals surface area contributed by atoms with Gasteiger partial charge in [-0.15, -0.1) is 0 Å². The third-order valence-electron chi connectivity index (χ3n) is 2.35. The Morgan fingerprint density at radius 3 is 1.47 bits per heavy atom. The van der Waals surface area contributed by atoms with Crippen LogP contribution in [0.2, 0.25) is 0 Å². The van der Waals surface area contributed by atoms with Crippen LogP contribution >= 0.6 is 0 Å². The van der Waals surface area contributed by atoms with E-state index in [4.69, 9.17) is 0 Å². The maximum atomic E-state index is 9.94. The summed E-state index contributed by atoms with van der Waals surface area (Å²) in [4.78, 5) is 0. The molecule has 0 aliphatic rings. The van der Waals surface area contributed by atoms with Crippen LogP contribution in [0.1, 0.15) is 38.8 Å². The average molecular weight is 210 g/mol. The fourth-order valence-electron chi connectivity index (χ4n) is 1.53. The molecule has 0 radical (unpaired) electrons. The first-order chi connectivity index (χ1) is 6.64. The highest BCUT2D eigenvalue weighted by Crippen LogP contribution is 2.36. The van der Waals surface area contributed by atoms with Crippen molar-refractivity contribution in [2.45, 2.75) is 38.9 Å². The Bertz CT molecular complexity index is 324. The van der Waals surface area contributed by atoms with Crippen molar-refractivity contribution in [2.24, 2.45) is 0 Å². The van der Waals surface area contributed by atoms with Crippen molar-refractivity contribution in [1.82, 2.24) is 0 Å². The standard InChI is InChI=1S/C12H18O3/c1-11(2,14)8-6-5-7-9(10(8)13)12(3,4)15/h5-7,13-15H,1-4H3. The third kappa shape index (κ3) is 2.49. The number of phenolic OH excluding ortho intramolecular Hbond substituents is 1. The van der Waals surface area contributed by atoms with Crippen molar-refractivity contribution in [3.05, 3.63) is 29.3 Å². The Labute approximate surface area is 90.0 Å². The fraction of sp³-hybridized carbons (Fsp3) is 0.500. The minimum atomic E-state index is -1.12. The summed E-state index contributed by atoms with van der Waals surface area (Å²) < 4.78 is 0. The summed E-state index contributed by atoms with van der Waals surface area (Å²) in [6.45, 7) is 6.37. The van der Waals surface area contributed by atoms with E-state index in [0.29, 0.717) is 11.1 Å². The van der Waals surface area contributed by atoms with Crippen molar-refractivity contribution in [3.8, 4) is 5.75 Å². The van der Waals surface area contributed by atoms with E-state index in [1.165, 1.54) is 0 Å². The lowest BCUT2D eigenvalue weighted by molar-refractivity contribution is 0.0665. The first-order valence-corrected chi connectivity index (χ1v) is 4.91. The van der Waals surface area contributed by atoms with Crippen LogP contribution in [0, 0.1) is 0 Å². The van der Waals surface area contributed by atoms with Crippen LogP contribution in [0.4, 0.5) is 0 Å². The topological polar surface area (TPSA) is 60.7 Å². The van der Waals surface area contributed by atoms with E-state index in [1.807, 2.05) is 0 Å². The minimum Gasteiger partial charge on any atom is -0.507 e. The first kappa shape index (κ1) is 12.0. The van der Waals surface area contributed by atoms with Gasteiger partial charge >= 0.3 is 0 Å². The summed E-state index contributed by atoms with van der Waals surface area (Å²) in [6.07, 6.45) is 0. The second-order valence-corrected chi connectivity index (χ2v) is 4.82. The van der Waals surface area contributed by atoms with Crippen LogP contribution in [-0.2, 0) is 11.2 Å². The summed E-state index contributed by atoms with van der Waals surface area (Å²) in [5.41, 5.74) is -1.40. The lowest BCUT2D eigenvalue weighted by Gasteiger charge is -2.25. The van der Waals surface area contributed by atoms with Gasteiger partial charge in [-0.05, 0) is 27.7 Å². The Hall–Kier alpha value is -1.06. The number of hydrogen-bond acceptors (Lipinski definition) is 3. The number of hydrogen-bond donors (Lipinski definition) is 3. The van der Waals surface area contributed by atoms with Crippen molar-refractivity contribution >= 4 is 0 Å². The number of phenols is 1. The molecule has 0 unspecified atom stereocenters. The molecule has 0 atom stereocenters. The monoisotopic (exact) mass is 210 g/mol. The van der Waals surface area contributed by atoms with Crippen LogP contribution < -0.4 is 0 Å². The molecular formula is C12H18O3. The summed E-state index contributed by atoms with van der Waals surface area (Å²) >= 11 is 0. The SMILES string of the molecule is CC(C)(O)c1cccc(C(C)(C)O)c1O. The van der Waals surface area contributed by atoms with Crippen LogP contribution in [0.15, 0.2) is 18.2 Å². The van der Waals surface area contributed by atoms with Gasteiger partial charge in [0.2, 0.25) is 0 Å².